The normalized spacial score (nSPS) is 16.6. The van der Waals surface area contributed by atoms with Gasteiger partial charge in [-0.3, -0.25) is 4.79 Å². The number of carbonyl (C=O) groups excluding carboxylic acids is 1. The van der Waals surface area contributed by atoms with E-state index in [1.807, 2.05) is 12.1 Å². The van der Waals surface area contributed by atoms with Crippen LogP contribution in [0.25, 0.3) is 0 Å². The van der Waals surface area contributed by atoms with E-state index in [-0.39, 0.29) is 12.5 Å². The zero-order chi connectivity index (χ0) is 13.8. The minimum atomic E-state index is -0.225. The van der Waals surface area contributed by atoms with Gasteiger partial charge in [-0.2, -0.15) is 0 Å². The lowest BCUT2D eigenvalue weighted by atomic mass is 9.92. The van der Waals surface area contributed by atoms with E-state index in [4.69, 9.17) is 17.3 Å². The summed E-state index contributed by atoms with van der Waals surface area (Å²) in [7, 11) is 0. The summed E-state index contributed by atoms with van der Waals surface area (Å²) < 4.78 is 0. The molecule has 1 saturated heterocycles. The second-order valence-electron chi connectivity index (χ2n) is 5.03. The summed E-state index contributed by atoms with van der Waals surface area (Å²) in [5.74, 6) is 0.155. The summed E-state index contributed by atoms with van der Waals surface area (Å²) in [5.41, 5.74) is 7.11. The molecule has 0 aromatic heterocycles. The predicted molar refractivity (Wildman–Crippen MR) is 76.1 cm³/mol. The average Bonchev–Trinajstić information content (AvgIpc) is 2.39. The van der Waals surface area contributed by atoms with E-state index in [9.17, 15) is 9.90 Å². The van der Waals surface area contributed by atoms with Crippen molar-refractivity contribution in [1.29, 1.82) is 0 Å². The molecule has 1 aliphatic rings. The van der Waals surface area contributed by atoms with E-state index >= 15 is 0 Å². The first-order chi connectivity index (χ1) is 9.10. The van der Waals surface area contributed by atoms with Crippen molar-refractivity contribution in [2.45, 2.75) is 25.9 Å². The first-order valence-corrected chi connectivity index (χ1v) is 6.90. The summed E-state index contributed by atoms with van der Waals surface area (Å²) in [4.78, 5) is 13.1. The molecule has 104 valence electrons. The smallest absolute Gasteiger partial charge is 0.217 e. The maximum Gasteiger partial charge on any atom is 0.217 e. The van der Waals surface area contributed by atoms with Crippen molar-refractivity contribution in [3.8, 4) is 0 Å². The van der Waals surface area contributed by atoms with Gasteiger partial charge in [0.1, 0.15) is 0 Å². The van der Waals surface area contributed by atoms with Gasteiger partial charge in [-0.1, -0.05) is 17.7 Å². The number of piperidine rings is 1. The average molecular weight is 283 g/mol. The molecule has 0 aliphatic carbocycles. The summed E-state index contributed by atoms with van der Waals surface area (Å²) in [6.07, 6.45) is 2.36. The lowest BCUT2D eigenvalue weighted by molar-refractivity contribution is -0.119. The largest absolute Gasteiger partial charge is 0.392 e. The van der Waals surface area contributed by atoms with Crippen LogP contribution >= 0.6 is 11.6 Å². The van der Waals surface area contributed by atoms with Crippen LogP contribution in [0.2, 0.25) is 5.02 Å². The monoisotopic (exact) mass is 282 g/mol. The van der Waals surface area contributed by atoms with Crippen LogP contribution in [0.15, 0.2) is 18.2 Å². The molecule has 5 heteroatoms. The first-order valence-electron chi connectivity index (χ1n) is 6.52. The van der Waals surface area contributed by atoms with Gasteiger partial charge < -0.3 is 15.7 Å². The summed E-state index contributed by atoms with van der Waals surface area (Å²) in [5, 5.41) is 10.1. The first kappa shape index (κ1) is 14.2. The van der Waals surface area contributed by atoms with Crippen LogP contribution in [-0.2, 0) is 11.4 Å². The number of hydrogen-bond acceptors (Lipinski definition) is 3. The molecule has 1 aliphatic heterocycles. The van der Waals surface area contributed by atoms with Gasteiger partial charge in [-0.05, 0) is 30.9 Å². The molecule has 0 saturated carbocycles. The maximum atomic E-state index is 10.9. The van der Waals surface area contributed by atoms with E-state index in [0.717, 1.165) is 37.2 Å². The third-order valence-electron chi connectivity index (χ3n) is 3.66. The van der Waals surface area contributed by atoms with Gasteiger partial charge in [-0.25, -0.2) is 0 Å². The predicted octanol–water partition coefficient (Wildman–Crippen LogP) is 1.92. The van der Waals surface area contributed by atoms with E-state index in [2.05, 4.69) is 4.90 Å². The Kier molecular flexibility index (Phi) is 4.66. The Morgan fingerprint density at radius 3 is 2.68 bits per heavy atom. The molecule has 19 heavy (non-hydrogen) atoms. The minimum absolute atomic E-state index is 0.00766. The molecule has 1 amide bonds. The standard InChI is InChI=1S/C14H19ClN2O2/c15-12-2-1-11(9-18)13(8-12)17-5-3-10(4-6-17)7-14(16)19/h1-2,8,10,18H,3-7,9H2,(H2,16,19). The fraction of sp³-hybridized carbons (Fsp3) is 0.500. The number of aliphatic hydroxyl groups is 1. The highest BCUT2D eigenvalue weighted by Gasteiger charge is 2.22. The van der Waals surface area contributed by atoms with Crippen LogP contribution in [0.4, 0.5) is 5.69 Å². The molecular weight excluding hydrogens is 264 g/mol. The highest BCUT2D eigenvalue weighted by atomic mass is 35.5. The molecule has 4 nitrogen and oxygen atoms in total. The number of aliphatic hydroxyl groups excluding tert-OH is 1. The molecule has 0 bridgehead atoms. The number of rotatable bonds is 4. The van der Waals surface area contributed by atoms with Crippen LogP contribution in [-0.4, -0.2) is 24.1 Å². The van der Waals surface area contributed by atoms with Crippen LogP contribution in [0.5, 0.6) is 0 Å². The Labute approximate surface area is 118 Å². The third-order valence-corrected chi connectivity index (χ3v) is 3.90. The Morgan fingerprint density at radius 1 is 1.42 bits per heavy atom. The van der Waals surface area contributed by atoms with Crippen LogP contribution < -0.4 is 10.6 Å². The van der Waals surface area contributed by atoms with E-state index in [0.29, 0.717) is 17.4 Å². The topological polar surface area (TPSA) is 66.6 Å². The van der Waals surface area contributed by atoms with Crippen molar-refractivity contribution in [2.24, 2.45) is 11.7 Å². The van der Waals surface area contributed by atoms with Crippen LogP contribution in [0, 0.1) is 5.92 Å². The number of nitrogens with two attached hydrogens (primary N) is 1. The fourth-order valence-corrected chi connectivity index (χ4v) is 2.79. The molecule has 0 radical (unpaired) electrons. The molecule has 1 heterocycles. The van der Waals surface area contributed by atoms with E-state index < -0.39 is 0 Å². The van der Waals surface area contributed by atoms with E-state index in [1.165, 1.54) is 0 Å². The van der Waals surface area contributed by atoms with Gasteiger partial charge >= 0.3 is 0 Å². The molecular formula is C14H19ClN2O2. The molecule has 3 N–H and O–H groups in total. The maximum absolute atomic E-state index is 10.9. The Morgan fingerprint density at radius 2 is 2.11 bits per heavy atom. The van der Waals surface area contributed by atoms with Gasteiger partial charge in [0.15, 0.2) is 0 Å². The van der Waals surface area contributed by atoms with Gasteiger partial charge in [0.25, 0.3) is 0 Å². The zero-order valence-corrected chi connectivity index (χ0v) is 11.6. The second kappa shape index (κ2) is 6.26. The molecule has 1 aromatic carbocycles. The molecule has 1 fully saturated rings. The minimum Gasteiger partial charge on any atom is -0.392 e. The highest BCUT2D eigenvalue weighted by molar-refractivity contribution is 6.30. The molecule has 0 unspecified atom stereocenters. The number of anilines is 1. The van der Waals surface area contributed by atoms with Crippen molar-refractivity contribution >= 4 is 23.2 Å². The van der Waals surface area contributed by atoms with Crippen molar-refractivity contribution < 1.29 is 9.90 Å². The molecule has 2 rings (SSSR count). The number of halogens is 1. The number of primary amides is 1. The van der Waals surface area contributed by atoms with Crippen molar-refractivity contribution in [3.05, 3.63) is 28.8 Å². The summed E-state index contributed by atoms with van der Waals surface area (Å²) in [6.45, 7) is 1.74. The molecule has 1 aromatic rings. The Hall–Kier alpha value is -1.26. The van der Waals surface area contributed by atoms with Crippen molar-refractivity contribution in [3.63, 3.8) is 0 Å². The number of amides is 1. The molecule has 0 atom stereocenters. The Balaban J connectivity index is 2.05. The molecule has 0 spiro atoms. The number of carbonyl (C=O) groups is 1. The van der Waals surface area contributed by atoms with Crippen LogP contribution in [0.1, 0.15) is 24.8 Å². The second-order valence-corrected chi connectivity index (χ2v) is 5.47. The third kappa shape index (κ3) is 3.61. The summed E-state index contributed by atoms with van der Waals surface area (Å²) >= 11 is 6.02. The van der Waals surface area contributed by atoms with Crippen molar-refractivity contribution in [2.75, 3.05) is 18.0 Å². The van der Waals surface area contributed by atoms with Gasteiger partial charge in [0.05, 0.1) is 6.61 Å². The fourth-order valence-electron chi connectivity index (χ4n) is 2.63. The van der Waals surface area contributed by atoms with Crippen molar-refractivity contribution in [1.82, 2.24) is 0 Å². The zero-order valence-electron chi connectivity index (χ0n) is 10.8. The number of hydrogen-bond donors (Lipinski definition) is 2. The van der Waals surface area contributed by atoms with Gasteiger partial charge in [0, 0.05) is 35.8 Å². The highest BCUT2D eigenvalue weighted by Crippen LogP contribution is 2.30. The lowest BCUT2D eigenvalue weighted by Gasteiger charge is -2.34. The summed E-state index contributed by atoms with van der Waals surface area (Å²) in [6, 6.07) is 5.53. The number of nitrogens with zero attached hydrogens (tertiary/aromatic N) is 1. The van der Waals surface area contributed by atoms with Gasteiger partial charge in [-0.15, -0.1) is 0 Å². The number of benzene rings is 1. The van der Waals surface area contributed by atoms with Gasteiger partial charge in [0.2, 0.25) is 5.91 Å². The van der Waals surface area contributed by atoms with Crippen LogP contribution in [0.3, 0.4) is 0 Å². The van der Waals surface area contributed by atoms with E-state index in [1.54, 1.807) is 6.07 Å². The quantitative estimate of drug-likeness (QED) is 0.887. The SMILES string of the molecule is NC(=O)CC1CCN(c2cc(Cl)ccc2CO)CC1. The Bertz CT molecular complexity index is 457. The lowest BCUT2D eigenvalue weighted by Crippen LogP contribution is -2.35.